The summed E-state index contributed by atoms with van der Waals surface area (Å²) < 4.78 is 31.9. The lowest BCUT2D eigenvalue weighted by Crippen LogP contribution is -2.41. The van der Waals surface area contributed by atoms with Crippen LogP contribution < -0.4 is 0 Å². The number of nitrogens with zero attached hydrogens (tertiary/aromatic N) is 1. The highest BCUT2D eigenvalue weighted by atomic mass is 32.2. The van der Waals surface area contributed by atoms with E-state index in [1.807, 2.05) is 6.92 Å². The number of benzene rings is 1. The van der Waals surface area contributed by atoms with Crippen LogP contribution in [-0.2, 0) is 19.6 Å². The lowest BCUT2D eigenvalue weighted by Gasteiger charge is -2.22. The normalized spacial score (nSPS) is 18.0. The third kappa shape index (κ3) is 3.71. The van der Waals surface area contributed by atoms with Gasteiger partial charge in [0.1, 0.15) is 6.04 Å². The van der Waals surface area contributed by atoms with Crippen molar-refractivity contribution in [2.45, 2.75) is 30.7 Å². The molecule has 0 spiro atoms. The Kier molecular flexibility index (Phi) is 5.24. The van der Waals surface area contributed by atoms with Crippen LogP contribution in [0.5, 0.6) is 0 Å². The SMILES string of the molecule is Cc1ccc(S(=O)(=O)N2CCC[C@H]2C(=O)OCC(=O)c2ccc[nH]2)cc1. The molecule has 1 aliphatic rings. The number of esters is 1. The third-order valence-electron chi connectivity index (χ3n) is 4.35. The monoisotopic (exact) mass is 376 g/mol. The van der Waals surface area contributed by atoms with Gasteiger partial charge < -0.3 is 9.72 Å². The number of Topliss-reactive ketones (excluding diaryl/α,β-unsaturated/α-hetero) is 1. The van der Waals surface area contributed by atoms with Gasteiger partial charge in [-0.05, 0) is 44.0 Å². The number of ether oxygens (including phenoxy) is 1. The molecule has 7 nitrogen and oxygen atoms in total. The van der Waals surface area contributed by atoms with Crippen molar-refractivity contribution < 1.29 is 22.7 Å². The minimum atomic E-state index is -3.79. The summed E-state index contributed by atoms with van der Waals surface area (Å²) in [7, 11) is -3.79. The standard InChI is InChI=1S/C18H20N2O5S/c1-13-6-8-14(9-7-13)26(23,24)20-11-3-5-16(20)18(22)25-12-17(21)15-4-2-10-19-15/h2,4,6-10,16,19H,3,5,11-12H2,1H3/t16-/m0/s1. The van der Waals surface area contributed by atoms with E-state index in [-0.39, 0.29) is 17.2 Å². The zero-order chi connectivity index (χ0) is 18.7. The largest absolute Gasteiger partial charge is 0.456 e. The molecule has 1 aliphatic heterocycles. The molecule has 2 heterocycles. The average Bonchev–Trinajstić information content (AvgIpc) is 3.31. The average molecular weight is 376 g/mol. The van der Waals surface area contributed by atoms with Crippen molar-refractivity contribution in [2.75, 3.05) is 13.2 Å². The van der Waals surface area contributed by atoms with E-state index in [0.29, 0.717) is 18.5 Å². The molecule has 1 saturated heterocycles. The molecular weight excluding hydrogens is 356 g/mol. The van der Waals surface area contributed by atoms with E-state index < -0.39 is 28.6 Å². The summed E-state index contributed by atoms with van der Waals surface area (Å²) in [5, 5.41) is 0. The fourth-order valence-corrected chi connectivity index (χ4v) is 4.57. The van der Waals surface area contributed by atoms with Crippen molar-refractivity contribution in [3.05, 3.63) is 53.9 Å². The van der Waals surface area contributed by atoms with Crippen molar-refractivity contribution in [2.24, 2.45) is 0 Å². The summed E-state index contributed by atoms with van der Waals surface area (Å²) >= 11 is 0. The molecule has 1 aromatic heterocycles. The number of sulfonamides is 1. The fourth-order valence-electron chi connectivity index (χ4n) is 2.92. The maximum absolute atomic E-state index is 12.8. The van der Waals surface area contributed by atoms with Gasteiger partial charge >= 0.3 is 5.97 Å². The second-order valence-corrected chi connectivity index (χ2v) is 8.09. The van der Waals surface area contributed by atoms with Crippen molar-refractivity contribution >= 4 is 21.8 Å². The predicted molar refractivity (Wildman–Crippen MR) is 94.2 cm³/mol. The summed E-state index contributed by atoms with van der Waals surface area (Å²) in [4.78, 5) is 27.2. The second-order valence-electron chi connectivity index (χ2n) is 6.20. The van der Waals surface area contributed by atoms with Gasteiger partial charge in [0, 0.05) is 12.7 Å². The first kappa shape index (κ1) is 18.3. The van der Waals surface area contributed by atoms with E-state index in [1.165, 1.54) is 16.4 Å². The van der Waals surface area contributed by atoms with Crippen LogP contribution >= 0.6 is 0 Å². The van der Waals surface area contributed by atoms with Gasteiger partial charge in [-0.1, -0.05) is 17.7 Å². The number of aromatic amines is 1. The molecule has 3 rings (SSSR count). The zero-order valence-corrected chi connectivity index (χ0v) is 15.2. The summed E-state index contributed by atoms with van der Waals surface area (Å²) in [6.07, 6.45) is 2.54. The summed E-state index contributed by atoms with van der Waals surface area (Å²) in [5.74, 6) is -1.06. The van der Waals surface area contributed by atoms with Crippen LogP contribution in [0.15, 0.2) is 47.5 Å². The predicted octanol–water partition coefficient (Wildman–Crippen LogP) is 1.90. The van der Waals surface area contributed by atoms with Gasteiger partial charge in [-0.25, -0.2) is 8.42 Å². The van der Waals surface area contributed by atoms with Crippen LogP contribution in [0.4, 0.5) is 0 Å². The summed E-state index contributed by atoms with van der Waals surface area (Å²) in [5.41, 5.74) is 1.29. The topological polar surface area (TPSA) is 96.5 Å². The highest BCUT2D eigenvalue weighted by Crippen LogP contribution is 2.27. The van der Waals surface area contributed by atoms with E-state index in [1.54, 1.807) is 30.5 Å². The van der Waals surface area contributed by atoms with Gasteiger partial charge in [-0.15, -0.1) is 0 Å². The lowest BCUT2D eigenvalue weighted by molar-refractivity contribution is -0.146. The molecule has 0 saturated carbocycles. The van der Waals surface area contributed by atoms with Crippen LogP contribution in [0, 0.1) is 6.92 Å². The Morgan fingerprint density at radius 2 is 1.96 bits per heavy atom. The molecule has 0 amide bonds. The number of carbonyl (C=O) groups is 2. The minimum absolute atomic E-state index is 0.144. The molecule has 0 bridgehead atoms. The van der Waals surface area contributed by atoms with Crippen molar-refractivity contribution in [1.29, 1.82) is 0 Å². The van der Waals surface area contributed by atoms with Crippen molar-refractivity contribution in [3.63, 3.8) is 0 Å². The third-order valence-corrected chi connectivity index (χ3v) is 6.27. The van der Waals surface area contributed by atoms with Gasteiger partial charge in [0.2, 0.25) is 15.8 Å². The number of hydrogen-bond acceptors (Lipinski definition) is 5. The van der Waals surface area contributed by atoms with Gasteiger partial charge in [0.25, 0.3) is 0 Å². The molecule has 138 valence electrons. The summed E-state index contributed by atoms with van der Waals surface area (Å²) in [6, 6.07) is 8.83. The Hall–Kier alpha value is -2.45. The van der Waals surface area contributed by atoms with E-state index >= 15 is 0 Å². The first-order valence-electron chi connectivity index (χ1n) is 8.31. The zero-order valence-electron chi connectivity index (χ0n) is 14.3. The maximum Gasteiger partial charge on any atom is 0.324 e. The first-order valence-corrected chi connectivity index (χ1v) is 9.75. The first-order chi connectivity index (χ1) is 12.4. The fraction of sp³-hybridized carbons (Fsp3) is 0.333. The van der Waals surface area contributed by atoms with E-state index in [4.69, 9.17) is 4.74 Å². The van der Waals surface area contributed by atoms with Gasteiger partial charge in [0.05, 0.1) is 10.6 Å². The number of carbonyl (C=O) groups excluding carboxylic acids is 2. The van der Waals surface area contributed by atoms with Crippen LogP contribution in [0.1, 0.15) is 28.9 Å². The molecule has 2 aromatic rings. The van der Waals surface area contributed by atoms with E-state index in [0.717, 1.165) is 5.56 Å². The summed E-state index contributed by atoms with van der Waals surface area (Å²) in [6.45, 7) is 1.70. The Morgan fingerprint density at radius 1 is 1.23 bits per heavy atom. The number of aromatic nitrogens is 1. The van der Waals surface area contributed by atoms with Crippen molar-refractivity contribution in [1.82, 2.24) is 9.29 Å². The Balaban J connectivity index is 1.70. The Labute approximate surface area is 152 Å². The highest BCUT2D eigenvalue weighted by Gasteiger charge is 2.40. The molecule has 0 aliphatic carbocycles. The Morgan fingerprint density at radius 3 is 2.62 bits per heavy atom. The highest BCUT2D eigenvalue weighted by molar-refractivity contribution is 7.89. The molecule has 0 radical (unpaired) electrons. The molecular formula is C18H20N2O5S. The van der Waals surface area contributed by atoms with Gasteiger partial charge in [-0.2, -0.15) is 4.31 Å². The van der Waals surface area contributed by atoms with Crippen LogP contribution in [0.2, 0.25) is 0 Å². The van der Waals surface area contributed by atoms with Crippen LogP contribution in [0.25, 0.3) is 0 Å². The van der Waals surface area contributed by atoms with Crippen LogP contribution in [0.3, 0.4) is 0 Å². The second kappa shape index (κ2) is 7.43. The number of ketones is 1. The van der Waals surface area contributed by atoms with E-state index in [9.17, 15) is 18.0 Å². The molecule has 8 heteroatoms. The minimum Gasteiger partial charge on any atom is -0.456 e. The van der Waals surface area contributed by atoms with Gasteiger partial charge in [0.15, 0.2) is 6.61 Å². The number of aryl methyl sites for hydroxylation is 1. The number of rotatable bonds is 6. The van der Waals surface area contributed by atoms with E-state index in [2.05, 4.69) is 4.98 Å². The van der Waals surface area contributed by atoms with Crippen molar-refractivity contribution in [3.8, 4) is 0 Å². The molecule has 1 fully saturated rings. The molecule has 1 aromatic carbocycles. The lowest BCUT2D eigenvalue weighted by atomic mass is 10.2. The molecule has 1 atom stereocenters. The number of nitrogens with one attached hydrogen (secondary N) is 1. The molecule has 26 heavy (non-hydrogen) atoms. The Bertz CT molecular complexity index is 888. The number of H-pyrrole nitrogens is 1. The van der Waals surface area contributed by atoms with Gasteiger partial charge in [-0.3, -0.25) is 9.59 Å². The molecule has 0 unspecified atom stereocenters. The van der Waals surface area contributed by atoms with Crippen LogP contribution in [-0.4, -0.2) is 48.7 Å². The maximum atomic E-state index is 12.8. The number of hydrogen-bond donors (Lipinski definition) is 1. The molecule has 1 N–H and O–H groups in total. The smallest absolute Gasteiger partial charge is 0.324 e. The quantitative estimate of drug-likeness (QED) is 0.614.